The molecule has 0 amide bonds. The molecule has 47 valence electrons. The SMILES string of the molecule is [CH2]c1nc(Br)cnc1N. The van der Waals surface area contributed by atoms with Crippen LogP contribution < -0.4 is 5.73 Å². The average Bonchev–Trinajstić information content (AvgIpc) is 1.80. The van der Waals surface area contributed by atoms with Gasteiger partial charge in [0.2, 0.25) is 0 Å². The lowest BCUT2D eigenvalue weighted by atomic mass is 10.5. The Morgan fingerprint density at radius 1 is 1.67 bits per heavy atom. The Bertz CT molecular complexity index is 223. The number of nitrogens with zero attached hydrogens (tertiary/aromatic N) is 2. The van der Waals surface area contributed by atoms with Gasteiger partial charge in [-0.3, -0.25) is 0 Å². The first kappa shape index (κ1) is 6.48. The van der Waals surface area contributed by atoms with E-state index >= 15 is 0 Å². The molecule has 1 rings (SSSR count). The molecule has 1 aromatic heterocycles. The van der Waals surface area contributed by atoms with E-state index < -0.39 is 0 Å². The molecule has 0 bridgehead atoms. The van der Waals surface area contributed by atoms with Crippen molar-refractivity contribution in [3.63, 3.8) is 0 Å². The number of halogens is 1. The Kier molecular flexibility index (Phi) is 1.66. The summed E-state index contributed by atoms with van der Waals surface area (Å²) in [5.41, 5.74) is 5.84. The van der Waals surface area contributed by atoms with Gasteiger partial charge >= 0.3 is 0 Å². The van der Waals surface area contributed by atoms with E-state index in [9.17, 15) is 0 Å². The summed E-state index contributed by atoms with van der Waals surface area (Å²) in [6.45, 7) is 3.55. The minimum atomic E-state index is 0.373. The maximum Gasteiger partial charge on any atom is 0.145 e. The van der Waals surface area contributed by atoms with Crippen LogP contribution in [0.3, 0.4) is 0 Å². The van der Waals surface area contributed by atoms with Gasteiger partial charge in [-0.05, 0) is 22.9 Å². The Morgan fingerprint density at radius 3 is 2.78 bits per heavy atom. The normalized spacial score (nSPS) is 9.56. The largest absolute Gasteiger partial charge is 0.382 e. The van der Waals surface area contributed by atoms with Crippen molar-refractivity contribution in [2.24, 2.45) is 0 Å². The zero-order valence-corrected chi connectivity index (χ0v) is 6.22. The predicted molar refractivity (Wildman–Crippen MR) is 38.6 cm³/mol. The summed E-state index contributed by atoms with van der Waals surface area (Å²) in [5.74, 6) is 0.373. The molecule has 0 aromatic carbocycles. The quantitative estimate of drug-likeness (QED) is 0.659. The maximum atomic E-state index is 5.33. The summed E-state index contributed by atoms with van der Waals surface area (Å²) in [7, 11) is 0. The van der Waals surface area contributed by atoms with Crippen LogP contribution in [0, 0.1) is 6.92 Å². The first-order chi connectivity index (χ1) is 4.20. The summed E-state index contributed by atoms with van der Waals surface area (Å²) in [4.78, 5) is 7.68. The molecule has 0 unspecified atom stereocenters. The first-order valence-electron chi connectivity index (χ1n) is 2.30. The van der Waals surface area contributed by atoms with Crippen LogP contribution in [-0.2, 0) is 0 Å². The summed E-state index contributed by atoms with van der Waals surface area (Å²) in [6, 6.07) is 0. The molecule has 0 saturated carbocycles. The predicted octanol–water partition coefficient (Wildman–Crippen LogP) is 1.00. The van der Waals surface area contributed by atoms with Gasteiger partial charge in [0.25, 0.3) is 0 Å². The lowest BCUT2D eigenvalue weighted by Gasteiger charge is -1.95. The fraction of sp³-hybridized carbons (Fsp3) is 0. The van der Waals surface area contributed by atoms with Gasteiger partial charge in [0, 0.05) is 0 Å². The highest BCUT2D eigenvalue weighted by Gasteiger charge is 1.94. The number of anilines is 1. The van der Waals surface area contributed by atoms with Crippen molar-refractivity contribution in [2.45, 2.75) is 0 Å². The van der Waals surface area contributed by atoms with E-state index in [1.54, 1.807) is 0 Å². The monoisotopic (exact) mass is 186 g/mol. The second-order valence-corrected chi connectivity index (χ2v) is 2.34. The van der Waals surface area contributed by atoms with Crippen molar-refractivity contribution in [3.8, 4) is 0 Å². The Morgan fingerprint density at radius 2 is 2.33 bits per heavy atom. The van der Waals surface area contributed by atoms with Crippen LogP contribution in [0.4, 0.5) is 5.82 Å². The van der Waals surface area contributed by atoms with Crippen molar-refractivity contribution >= 4 is 21.7 Å². The highest BCUT2D eigenvalue weighted by atomic mass is 79.9. The Balaban J connectivity index is 3.17. The third-order valence-corrected chi connectivity index (χ3v) is 1.23. The van der Waals surface area contributed by atoms with Crippen LogP contribution in [0.1, 0.15) is 5.69 Å². The molecule has 0 aliphatic heterocycles. The smallest absolute Gasteiger partial charge is 0.145 e. The zero-order valence-electron chi connectivity index (χ0n) is 4.63. The van der Waals surface area contributed by atoms with Crippen LogP contribution in [0.2, 0.25) is 0 Å². The molecular formula is C5H5BrN3. The van der Waals surface area contributed by atoms with Crippen molar-refractivity contribution < 1.29 is 0 Å². The van der Waals surface area contributed by atoms with Crippen LogP contribution in [-0.4, -0.2) is 9.97 Å². The Labute approximate surface area is 61.4 Å². The summed E-state index contributed by atoms with van der Waals surface area (Å²) >= 11 is 3.13. The van der Waals surface area contributed by atoms with E-state index in [0.29, 0.717) is 16.1 Å². The molecule has 0 saturated heterocycles. The van der Waals surface area contributed by atoms with Gasteiger partial charge < -0.3 is 5.73 Å². The van der Waals surface area contributed by atoms with Gasteiger partial charge in [-0.1, -0.05) is 0 Å². The average molecular weight is 187 g/mol. The molecule has 2 N–H and O–H groups in total. The van der Waals surface area contributed by atoms with Crippen molar-refractivity contribution in [3.05, 3.63) is 23.4 Å². The van der Waals surface area contributed by atoms with Gasteiger partial charge in [0.05, 0.1) is 11.9 Å². The topological polar surface area (TPSA) is 51.8 Å². The molecule has 0 aliphatic rings. The highest BCUT2D eigenvalue weighted by Crippen LogP contribution is 2.07. The molecule has 1 radical (unpaired) electrons. The van der Waals surface area contributed by atoms with Gasteiger partial charge in [0.15, 0.2) is 0 Å². The number of rotatable bonds is 0. The van der Waals surface area contributed by atoms with Gasteiger partial charge in [-0.2, -0.15) is 0 Å². The van der Waals surface area contributed by atoms with Crippen molar-refractivity contribution in [1.29, 1.82) is 0 Å². The number of hydrogen-bond donors (Lipinski definition) is 1. The van der Waals surface area contributed by atoms with E-state index in [4.69, 9.17) is 5.73 Å². The molecule has 4 heteroatoms. The molecule has 0 spiro atoms. The van der Waals surface area contributed by atoms with E-state index in [1.807, 2.05) is 0 Å². The first-order valence-corrected chi connectivity index (χ1v) is 3.09. The van der Waals surface area contributed by atoms with Crippen LogP contribution >= 0.6 is 15.9 Å². The third-order valence-electron chi connectivity index (χ3n) is 0.848. The minimum absolute atomic E-state index is 0.373. The van der Waals surface area contributed by atoms with Crippen molar-refractivity contribution in [1.82, 2.24) is 9.97 Å². The molecular weight excluding hydrogens is 182 g/mol. The zero-order chi connectivity index (χ0) is 6.85. The molecule has 1 aromatic rings. The van der Waals surface area contributed by atoms with Gasteiger partial charge in [-0.15, -0.1) is 0 Å². The molecule has 0 atom stereocenters. The fourth-order valence-corrected chi connectivity index (χ4v) is 0.729. The molecule has 3 nitrogen and oxygen atoms in total. The van der Waals surface area contributed by atoms with Crippen LogP contribution in [0.25, 0.3) is 0 Å². The third kappa shape index (κ3) is 1.38. The van der Waals surface area contributed by atoms with E-state index in [2.05, 4.69) is 32.8 Å². The maximum absolute atomic E-state index is 5.33. The summed E-state index contributed by atoms with van der Waals surface area (Å²) in [6.07, 6.45) is 1.53. The highest BCUT2D eigenvalue weighted by molar-refractivity contribution is 9.10. The molecule has 0 aliphatic carbocycles. The standard InChI is InChI=1S/C5H5BrN3/c1-3-5(7)8-2-4(6)9-3/h2H,1H2,(H2,7,8). The van der Waals surface area contributed by atoms with Gasteiger partial charge in [-0.25, -0.2) is 9.97 Å². The van der Waals surface area contributed by atoms with Crippen LogP contribution in [0.5, 0.6) is 0 Å². The second kappa shape index (κ2) is 2.31. The number of nitrogens with two attached hydrogens (primary N) is 1. The fourth-order valence-electron chi connectivity index (χ4n) is 0.412. The van der Waals surface area contributed by atoms with Crippen LogP contribution in [0.15, 0.2) is 10.8 Å². The van der Waals surface area contributed by atoms with Crippen molar-refractivity contribution in [2.75, 3.05) is 5.73 Å². The van der Waals surface area contributed by atoms with Gasteiger partial charge in [0.1, 0.15) is 10.4 Å². The second-order valence-electron chi connectivity index (χ2n) is 1.52. The molecule has 9 heavy (non-hydrogen) atoms. The van der Waals surface area contributed by atoms with E-state index in [0.717, 1.165) is 0 Å². The molecule has 0 fully saturated rings. The lowest BCUT2D eigenvalue weighted by Crippen LogP contribution is -1.95. The number of aromatic nitrogens is 2. The number of hydrogen-bond acceptors (Lipinski definition) is 3. The Hall–Kier alpha value is -0.640. The number of nitrogen functional groups attached to an aromatic ring is 1. The van der Waals surface area contributed by atoms with E-state index in [-0.39, 0.29) is 0 Å². The molecule has 1 heterocycles. The summed E-state index contributed by atoms with van der Waals surface area (Å²) in [5, 5.41) is 0. The van der Waals surface area contributed by atoms with E-state index in [1.165, 1.54) is 6.20 Å². The summed E-state index contributed by atoms with van der Waals surface area (Å²) < 4.78 is 0.654. The minimum Gasteiger partial charge on any atom is -0.382 e. The lowest BCUT2D eigenvalue weighted by molar-refractivity contribution is 1.14.